The van der Waals surface area contributed by atoms with Crippen molar-refractivity contribution >= 4 is 11.5 Å². The average Bonchev–Trinajstić information content (AvgIpc) is 2.68. The predicted molar refractivity (Wildman–Crippen MR) is 95.2 cm³/mol. The van der Waals surface area contributed by atoms with Crippen LogP contribution in [0.1, 0.15) is 18.5 Å². The number of aromatic nitrogens is 1. The molecule has 1 fully saturated rings. The molecule has 0 saturated carbocycles. The first kappa shape index (κ1) is 15.6. The molecule has 3 heterocycles. The van der Waals surface area contributed by atoms with Gasteiger partial charge in [0.1, 0.15) is 30.8 Å². The normalized spacial score (nSPS) is 19.2. The van der Waals surface area contributed by atoms with Crippen molar-refractivity contribution in [1.82, 2.24) is 4.98 Å². The third-order valence-electron chi connectivity index (χ3n) is 4.51. The third kappa shape index (κ3) is 3.45. The number of nitriles is 1. The van der Waals surface area contributed by atoms with Gasteiger partial charge >= 0.3 is 0 Å². The first-order valence-corrected chi connectivity index (χ1v) is 8.60. The fourth-order valence-electron chi connectivity index (χ4n) is 3.33. The second-order valence-electron chi connectivity index (χ2n) is 6.28. The molecule has 1 saturated heterocycles. The van der Waals surface area contributed by atoms with Crippen molar-refractivity contribution in [1.29, 1.82) is 5.26 Å². The maximum atomic E-state index is 9.04. The van der Waals surface area contributed by atoms with Crippen LogP contribution in [0.2, 0.25) is 0 Å². The molecule has 1 unspecified atom stereocenters. The van der Waals surface area contributed by atoms with Crippen molar-refractivity contribution in [3.63, 3.8) is 0 Å². The molecule has 1 aromatic carbocycles. The summed E-state index contributed by atoms with van der Waals surface area (Å²) in [5.74, 6) is 2.47. The Labute approximate surface area is 147 Å². The number of hydrogen-bond acceptors (Lipinski definition) is 6. The molecule has 6 heteroatoms. The predicted octanol–water partition coefficient (Wildman–Crippen LogP) is 2.81. The number of rotatable bonds is 3. The Bertz CT molecular complexity index is 802. The highest BCUT2D eigenvalue weighted by Gasteiger charge is 2.22. The van der Waals surface area contributed by atoms with Crippen molar-refractivity contribution in [2.45, 2.75) is 18.9 Å². The van der Waals surface area contributed by atoms with Crippen molar-refractivity contribution in [2.75, 3.05) is 36.5 Å². The second kappa shape index (κ2) is 6.89. The van der Waals surface area contributed by atoms with E-state index < -0.39 is 0 Å². The fraction of sp³-hybridized carbons (Fsp3) is 0.368. The number of hydrogen-bond donors (Lipinski definition) is 1. The molecule has 0 amide bonds. The lowest BCUT2D eigenvalue weighted by atomic mass is 10.0. The number of piperidine rings is 1. The van der Waals surface area contributed by atoms with Gasteiger partial charge in [0.05, 0.1) is 0 Å². The van der Waals surface area contributed by atoms with Gasteiger partial charge in [-0.25, -0.2) is 4.98 Å². The minimum absolute atomic E-state index is 0.323. The van der Waals surface area contributed by atoms with Crippen LogP contribution in [0.5, 0.6) is 11.5 Å². The molecule has 2 aliphatic rings. The summed E-state index contributed by atoms with van der Waals surface area (Å²) in [6, 6.07) is 14.0. The summed E-state index contributed by atoms with van der Waals surface area (Å²) in [5, 5.41) is 12.6. The lowest BCUT2D eigenvalue weighted by molar-refractivity contribution is 0.171. The van der Waals surface area contributed by atoms with Crippen LogP contribution in [0.25, 0.3) is 0 Å². The van der Waals surface area contributed by atoms with Gasteiger partial charge in [-0.1, -0.05) is 6.07 Å². The van der Waals surface area contributed by atoms with Gasteiger partial charge in [0.25, 0.3) is 0 Å². The first-order chi connectivity index (χ1) is 12.3. The van der Waals surface area contributed by atoms with Crippen LogP contribution in [0.3, 0.4) is 0 Å². The molecular formula is C19H20N4O2. The molecule has 2 aromatic rings. The maximum absolute atomic E-state index is 9.04. The van der Waals surface area contributed by atoms with Crippen LogP contribution in [0.4, 0.5) is 11.5 Å². The van der Waals surface area contributed by atoms with Crippen LogP contribution in [0.15, 0.2) is 36.4 Å². The average molecular weight is 336 g/mol. The molecular weight excluding hydrogens is 316 g/mol. The topological polar surface area (TPSA) is 70.4 Å². The highest BCUT2D eigenvalue weighted by atomic mass is 16.6. The molecule has 2 aliphatic heterocycles. The summed E-state index contributed by atoms with van der Waals surface area (Å²) >= 11 is 0. The standard InChI is InChI=1S/C19H20N4O2/c20-12-15-3-1-5-19(22-15)23-8-2-4-16(13-23)21-14-6-7-17-18(11-14)25-10-9-24-17/h1,3,5-7,11,16,21H,2,4,8-10,13H2. The lowest BCUT2D eigenvalue weighted by Gasteiger charge is -2.34. The minimum atomic E-state index is 0.323. The molecule has 1 aromatic heterocycles. The van der Waals surface area contributed by atoms with Gasteiger partial charge in [-0.15, -0.1) is 0 Å². The van der Waals surface area contributed by atoms with Crippen molar-refractivity contribution in [2.24, 2.45) is 0 Å². The molecule has 25 heavy (non-hydrogen) atoms. The summed E-state index contributed by atoms with van der Waals surface area (Å²) in [6.45, 7) is 3.01. The number of nitrogens with zero attached hydrogens (tertiary/aromatic N) is 3. The van der Waals surface area contributed by atoms with E-state index in [4.69, 9.17) is 14.7 Å². The zero-order valence-electron chi connectivity index (χ0n) is 13.9. The Morgan fingerprint density at radius 2 is 2.04 bits per heavy atom. The number of fused-ring (bicyclic) bond motifs is 1. The Hall–Kier alpha value is -2.94. The van der Waals surface area contributed by atoms with E-state index in [0.717, 1.165) is 48.9 Å². The molecule has 0 spiro atoms. The van der Waals surface area contributed by atoms with Crippen LogP contribution < -0.4 is 19.7 Å². The zero-order chi connectivity index (χ0) is 17.1. The highest BCUT2D eigenvalue weighted by molar-refractivity contribution is 5.56. The van der Waals surface area contributed by atoms with E-state index in [1.807, 2.05) is 30.3 Å². The molecule has 6 nitrogen and oxygen atoms in total. The molecule has 1 atom stereocenters. The molecule has 0 bridgehead atoms. The van der Waals surface area contributed by atoms with E-state index in [0.29, 0.717) is 24.9 Å². The summed E-state index contributed by atoms with van der Waals surface area (Å²) < 4.78 is 11.2. The van der Waals surface area contributed by atoms with Crippen molar-refractivity contribution < 1.29 is 9.47 Å². The summed E-state index contributed by atoms with van der Waals surface area (Å²) in [6.07, 6.45) is 2.18. The van der Waals surface area contributed by atoms with E-state index in [1.54, 1.807) is 6.07 Å². The van der Waals surface area contributed by atoms with Crippen LogP contribution in [-0.2, 0) is 0 Å². The molecule has 0 radical (unpaired) electrons. The van der Waals surface area contributed by atoms with Gasteiger partial charge < -0.3 is 19.7 Å². The Balaban J connectivity index is 1.45. The van der Waals surface area contributed by atoms with Crippen LogP contribution in [-0.4, -0.2) is 37.3 Å². The van der Waals surface area contributed by atoms with E-state index in [1.165, 1.54) is 0 Å². The summed E-state index contributed by atoms with van der Waals surface area (Å²) in [5.41, 5.74) is 1.49. The molecule has 128 valence electrons. The van der Waals surface area contributed by atoms with Gasteiger partial charge in [0.15, 0.2) is 11.5 Å². The first-order valence-electron chi connectivity index (χ1n) is 8.60. The Kier molecular flexibility index (Phi) is 4.30. The lowest BCUT2D eigenvalue weighted by Crippen LogP contribution is -2.42. The van der Waals surface area contributed by atoms with Crippen molar-refractivity contribution in [3.05, 3.63) is 42.1 Å². The molecule has 0 aliphatic carbocycles. The number of pyridine rings is 1. The van der Waals surface area contributed by atoms with E-state index >= 15 is 0 Å². The number of ether oxygens (including phenoxy) is 2. The second-order valence-corrected chi connectivity index (χ2v) is 6.28. The van der Waals surface area contributed by atoms with Gasteiger partial charge in [0, 0.05) is 30.9 Å². The molecule has 4 rings (SSSR count). The zero-order valence-corrected chi connectivity index (χ0v) is 13.9. The SMILES string of the molecule is N#Cc1cccc(N2CCCC(Nc3ccc4c(c3)OCCO4)C2)n1. The van der Waals surface area contributed by atoms with Gasteiger partial charge in [-0.2, -0.15) is 5.26 Å². The van der Waals surface area contributed by atoms with E-state index in [2.05, 4.69) is 21.3 Å². The number of anilines is 2. The third-order valence-corrected chi connectivity index (χ3v) is 4.51. The van der Waals surface area contributed by atoms with Crippen LogP contribution >= 0.6 is 0 Å². The maximum Gasteiger partial charge on any atom is 0.163 e. The monoisotopic (exact) mass is 336 g/mol. The smallest absolute Gasteiger partial charge is 0.163 e. The number of nitrogens with one attached hydrogen (secondary N) is 1. The summed E-state index contributed by atoms with van der Waals surface area (Å²) in [7, 11) is 0. The Morgan fingerprint density at radius 3 is 2.92 bits per heavy atom. The minimum Gasteiger partial charge on any atom is -0.486 e. The quantitative estimate of drug-likeness (QED) is 0.929. The van der Waals surface area contributed by atoms with Crippen molar-refractivity contribution in [3.8, 4) is 17.6 Å². The van der Waals surface area contributed by atoms with Gasteiger partial charge in [-0.05, 0) is 37.1 Å². The summed E-state index contributed by atoms with van der Waals surface area (Å²) in [4.78, 5) is 6.65. The van der Waals surface area contributed by atoms with E-state index in [-0.39, 0.29) is 0 Å². The fourth-order valence-corrected chi connectivity index (χ4v) is 3.33. The molecule has 1 N–H and O–H groups in total. The van der Waals surface area contributed by atoms with Gasteiger partial charge in [-0.3, -0.25) is 0 Å². The van der Waals surface area contributed by atoms with Crippen LogP contribution in [0, 0.1) is 11.3 Å². The highest BCUT2D eigenvalue weighted by Crippen LogP contribution is 2.33. The van der Waals surface area contributed by atoms with Gasteiger partial charge in [0.2, 0.25) is 0 Å². The largest absolute Gasteiger partial charge is 0.486 e. The van der Waals surface area contributed by atoms with E-state index in [9.17, 15) is 0 Å². The number of benzene rings is 1. The Morgan fingerprint density at radius 1 is 1.16 bits per heavy atom.